The van der Waals surface area contributed by atoms with E-state index in [4.69, 9.17) is 26.2 Å². The summed E-state index contributed by atoms with van der Waals surface area (Å²) in [5.41, 5.74) is -1.66. The standard InChI is InChI=1S/C28H21ClF4N4O5S.CH4O/c1-41-20-5-2-14(27(40)37-6-8-42-9-7-37)10-16(20)25(38)36-23-17-13-34-22(29)12-21(17)43-24(23)26(39)35-15-3-4-19(30)18(11-15)28(31,32)33;1-2/h2-5,10-13H,6-9H2,1H3,(H,35,39)(H,36,38);2H,1H3. The predicted octanol–water partition coefficient (Wildman–Crippen LogP) is 5.70. The summed E-state index contributed by atoms with van der Waals surface area (Å²) in [5, 5.41) is 12.4. The smallest absolute Gasteiger partial charge is 0.419 e. The molecule has 0 spiro atoms. The van der Waals surface area contributed by atoms with Crippen molar-refractivity contribution >= 4 is 62.1 Å². The molecule has 0 radical (unpaired) electrons. The van der Waals surface area contributed by atoms with E-state index in [9.17, 15) is 31.9 Å². The number of thiophene rings is 1. The Labute approximate surface area is 262 Å². The largest absolute Gasteiger partial charge is 0.496 e. The second kappa shape index (κ2) is 14.2. The number of hydrogen-bond acceptors (Lipinski definition) is 8. The zero-order chi connectivity index (χ0) is 32.9. The van der Waals surface area contributed by atoms with Crippen molar-refractivity contribution in [2.24, 2.45) is 0 Å². The van der Waals surface area contributed by atoms with E-state index in [0.717, 1.165) is 24.5 Å². The number of benzene rings is 2. The third kappa shape index (κ3) is 7.50. The number of carbonyl (C=O) groups excluding carboxylic acids is 3. The van der Waals surface area contributed by atoms with Crippen LogP contribution in [-0.2, 0) is 10.9 Å². The van der Waals surface area contributed by atoms with Crippen LogP contribution in [0.1, 0.15) is 36.0 Å². The Kier molecular flexibility index (Phi) is 10.6. The van der Waals surface area contributed by atoms with Gasteiger partial charge in [-0.2, -0.15) is 13.2 Å². The highest BCUT2D eigenvalue weighted by atomic mass is 35.5. The summed E-state index contributed by atoms with van der Waals surface area (Å²) < 4.78 is 64.5. The van der Waals surface area contributed by atoms with Crippen LogP contribution in [-0.4, -0.2) is 73.2 Å². The van der Waals surface area contributed by atoms with Gasteiger partial charge in [-0.05, 0) is 42.5 Å². The molecule has 1 aliphatic rings. The lowest BCUT2D eigenvalue weighted by Gasteiger charge is -2.27. The number of aliphatic hydroxyl groups excluding tert-OH is 1. The van der Waals surface area contributed by atoms with Crippen molar-refractivity contribution < 1.29 is 46.5 Å². The summed E-state index contributed by atoms with van der Waals surface area (Å²) in [6.07, 6.45) is -3.66. The van der Waals surface area contributed by atoms with Crippen LogP contribution in [0.5, 0.6) is 5.75 Å². The fourth-order valence-corrected chi connectivity index (χ4v) is 5.69. The van der Waals surface area contributed by atoms with Gasteiger partial charge in [-0.15, -0.1) is 11.3 Å². The molecule has 2 aromatic carbocycles. The fraction of sp³-hybridized carbons (Fsp3) is 0.241. The van der Waals surface area contributed by atoms with E-state index < -0.39 is 29.4 Å². The van der Waals surface area contributed by atoms with E-state index in [2.05, 4.69) is 15.6 Å². The molecule has 1 fully saturated rings. The van der Waals surface area contributed by atoms with Crippen molar-refractivity contribution in [3.63, 3.8) is 0 Å². The Balaban J connectivity index is 0.00000226. The highest BCUT2D eigenvalue weighted by molar-refractivity contribution is 7.21. The SMILES string of the molecule is CO.COc1ccc(C(=O)N2CCOCC2)cc1C(=O)Nc1c(C(=O)Nc2ccc(F)c(C(F)(F)F)c2)sc2cc(Cl)ncc12. The minimum Gasteiger partial charge on any atom is -0.496 e. The summed E-state index contributed by atoms with van der Waals surface area (Å²) >= 11 is 6.92. The van der Waals surface area contributed by atoms with Crippen LogP contribution in [0.4, 0.5) is 28.9 Å². The van der Waals surface area contributed by atoms with Crippen LogP contribution in [0.2, 0.25) is 5.15 Å². The third-order valence-electron chi connectivity index (χ3n) is 6.50. The number of methoxy groups -OCH3 is 1. The lowest BCUT2D eigenvalue weighted by Crippen LogP contribution is -2.40. The van der Waals surface area contributed by atoms with Gasteiger partial charge in [0.1, 0.15) is 21.6 Å². The first-order valence-corrected chi connectivity index (χ1v) is 14.2. The highest BCUT2D eigenvalue weighted by Crippen LogP contribution is 2.38. The summed E-state index contributed by atoms with van der Waals surface area (Å²) in [4.78, 5) is 45.5. The Morgan fingerprint density at radius 1 is 1.04 bits per heavy atom. The molecule has 1 aliphatic heterocycles. The number of nitrogens with one attached hydrogen (secondary N) is 2. The second-order valence-corrected chi connectivity index (χ2v) is 10.7. The van der Waals surface area contributed by atoms with Crippen LogP contribution in [0, 0.1) is 5.82 Å². The van der Waals surface area contributed by atoms with E-state index in [1.165, 1.54) is 37.6 Å². The van der Waals surface area contributed by atoms with Gasteiger partial charge >= 0.3 is 6.18 Å². The number of carbonyl (C=O) groups is 3. The number of rotatable bonds is 6. The first kappa shape index (κ1) is 33.6. The highest BCUT2D eigenvalue weighted by Gasteiger charge is 2.34. The van der Waals surface area contributed by atoms with Gasteiger partial charge in [0, 0.05) is 47.7 Å². The minimum atomic E-state index is -4.99. The first-order valence-electron chi connectivity index (χ1n) is 13.0. The van der Waals surface area contributed by atoms with Crippen LogP contribution >= 0.6 is 22.9 Å². The molecule has 0 saturated carbocycles. The molecule has 238 valence electrons. The van der Waals surface area contributed by atoms with Crippen LogP contribution in [0.25, 0.3) is 10.1 Å². The zero-order valence-electron chi connectivity index (χ0n) is 23.6. The minimum absolute atomic E-state index is 0.00298. The van der Waals surface area contributed by atoms with Crippen molar-refractivity contribution in [1.82, 2.24) is 9.88 Å². The Morgan fingerprint density at radius 3 is 2.42 bits per heavy atom. The number of ether oxygens (including phenoxy) is 2. The average Bonchev–Trinajstić information content (AvgIpc) is 3.39. The van der Waals surface area contributed by atoms with Crippen LogP contribution in [0.3, 0.4) is 0 Å². The van der Waals surface area contributed by atoms with Crippen molar-refractivity contribution in [3.05, 3.63) is 81.2 Å². The lowest BCUT2D eigenvalue weighted by molar-refractivity contribution is -0.139. The third-order valence-corrected chi connectivity index (χ3v) is 7.86. The zero-order valence-corrected chi connectivity index (χ0v) is 25.2. The molecule has 0 bridgehead atoms. The number of nitrogens with zero attached hydrogens (tertiary/aromatic N) is 2. The average molecular weight is 669 g/mol. The van der Waals surface area contributed by atoms with Crippen LogP contribution in [0.15, 0.2) is 48.7 Å². The van der Waals surface area contributed by atoms with Gasteiger partial charge < -0.3 is 30.1 Å². The van der Waals surface area contributed by atoms with Gasteiger partial charge in [-0.1, -0.05) is 11.6 Å². The monoisotopic (exact) mass is 668 g/mol. The molecule has 2 aromatic heterocycles. The van der Waals surface area contributed by atoms with Gasteiger partial charge in [0.05, 0.1) is 37.1 Å². The molecule has 4 aromatic rings. The Morgan fingerprint density at radius 2 is 1.76 bits per heavy atom. The van der Waals surface area contributed by atoms with Gasteiger partial charge in [0.2, 0.25) is 0 Å². The number of morpholine rings is 1. The van der Waals surface area contributed by atoms with Gasteiger partial charge in [0.25, 0.3) is 17.7 Å². The molecule has 45 heavy (non-hydrogen) atoms. The first-order chi connectivity index (χ1) is 21.5. The molecule has 0 unspecified atom stereocenters. The molecule has 10 nitrogen and oxygen atoms in total. The summed E-state index contributed by atoms with van der Waals surface area (Å²) in [6.45, 7) is 1.55. The molecule has 0 atom stereocenters. The number of amides is 3. The van der Waals surface area contributed by atoms with Crippen molar-refractivity contribution in [3.8, 4) is 5.75 Å². The number of alkyl halides is 3. The van der Waals surface area contributed by atoms with Gasteiger partial charge in [-0.3, -0.25) is 14.4 Å². The number of aliphatic hydroxyl groups is 1. The summed E-state index contributed by atoms with van der Waals surface area (Å²) in [7, 11) is 2.35. The topological polar surface area (TPSA) is 130 Å². The molecule has 3 heterocycles. The molecule has 5 rings (SSSR count). The van der Waals surface area contributed by atoms with E-state index in [0.29, 0.717) is 48.5 Å². The van der Waals surface area contributed by atoms with E-state index in [1.54, 1.807) is 4.90 Å². The maximum atomic E-state index is 13.8. The van der Waals surface area contributed by atoms with Crippen molar-refractivity contribution in [2.75, 3.05) is 51.2 Å². The summed E-state index contributed by atoms with van der Waals surface area (Å²) in [6, 6.07) is 7.86. The maximum Gasteiger partial charge on any atom is 0.419 e. The maximum absolute atomic E-state index is 13.8. The van der Waals surface area contributed by atoms with E-state index >= 15 is 0 Å². The molecular formula is C29H25ClF4N4O6S. The van der Waals surface area contributed by atoms with E-state index in [1.807, 2.05) is 0 Å². The van der Waals surface area contributed by atoms with Crippen molar-refractivity contribution in [2.45, 2.75) is 6.18 Å². The number of hydrogen-bond donors (Lipinski definition) is 3. The van der Waals surface area contributed by atoms with Crippen LogP contribution < -0.4 is 15.4 Å². The number of halogens is 5. The normalized spacial score (nSPS) is 13.1. The molecule has 3 amide bonds. The fourth-order valence-electron chi connectivity index (χ4n) is 4.41. The number of aromatic nitrogens is 1. The molecule has 0 aliphatic carbocycles. The second-order valence-electron chi connectivity index (χ2n) is 9.23. The molecule has 1 saturated heterocycles. The molecular weight excluding hydrogens is 644 g/mol. The number of anilines is 2. The van der Waals surface area contributed by atoms with Crippen molar-refractivity contribution in [1.29, 1.82) is 0 Å². The Hall–Kier alpha value is -4.31. The lowest BCUT2D eigenvalue weighted by atomic mass is 10.1. The van der Waals surface area contributed by atoms with E-state index in [-0.39, 0.29) is 44.2 Å². The summed E-state index contributed by atoms with van der Waals surface area (Å²) in [5.74, 6) is -3.27. The number of pyridine rings is 1. The Bertz CT molecular complexity index is 1740. The molecule has 3 N–H and O–H groups in total. The van der Waals surface area contributed by atoms with Gasteiger partial charge in [-0.25, -0.2) is 9.37 Å². The number of fused-ring (bicyclic) bond motifs is 1. The predicted molar refractivity (Wildman–Crippen MR) is 160 cm³/mol. The quantitative estimate of drug-likeness (QED) is 0.178. The molecule has 16 heteroatoms. The van der Waals surface area contributed by atoms with Gasteiger partial charge in [0.15, 0.2) is 0 Å².